The maximum atomic E-state index is 12.1. The Hall–Kier alpha value is -3.01. The number of carbonyl (C=O) groups is 1. The molecule has 1 heterocycles. The third-order valence-electron chi connectivity index (χ3n) is 3.86. The number of anilines is 2. The summed E-state index contributed by atoms with van der Waals surface area (Å²) in [5.74, 6) is 1.05. The van der Waals surface area contributed by atoms with E-state index in [9.17, 15) is 4.79 Å². The highest BCUT2D eigenvalue weighted by molar-refractivity contribution is 14.0. The Balaban J connectivity index is 0.00000320. The molecular weight excluding hydrogens is 495 g/mol. The van der Waals surface area contributed by atoms with Crippen LogP contribution in [-0.4, -0.2) is 18.0 Å². The number of rotatable bonds is 7. The molecule has 0 unspecified atom stereocenters. The average Bonchev–Trinajstić information content (AvgIpc) is 3.23. The van der Waals surface area contributed by atoms with Gasteiger partial charge in [-0.1, -0.05) is 12.1 Å². The zero-order valence-electron chi connectivity index (χ0n) is 16.8. The summed E-state index contributed by atoms with van der Waals surface area (Å²) in [5.41, 5.74) is 8.37. The van der Waals surface area contributed by atoms with E-state index in [-0.39, 0.29) is 41.7 Å². The molecule has 0 aliphatic rings. The molecule has 0 aliphatic heterocycles. The van der Waals surface area contributed by atoms with Gasteiger partial charge in [-0.3, -0.25) is 4.79 Å². The summed E-state index contributed by atoms with van der Waals surface area (Å²) in [6.45, 7) is 4.33. The van der Waals surface area contributed by atoms with Crippen molar-refractivity contribution >= 4 is 47.2 Å². The van der Waals surface area contributed by atoms with Gasteiger partial charge >= 0.3 is 0 Å². The predicted molar refractivity (Wildman–Crippen MR) is 130 cm³/mol. The minimum Gasteiger partial charge on any atom is -0.491 e. The topological polar surface area (TPSA) is 102 Å². The first kappa shape index (κ1) is 23.3. The largest absolute Gasteiger partial charge is 0.491 e. The molecule has 0 fully saturated rings. The van der Waals surface area contributed by atoms with Gasteiger partial charge in [0.2, 0.25) is 0 Å². The molecule has 8 heteroatoms. The van der Waals surface area contributed by atoms with Crippen molar-refractivity contribution in [3.63, 3.8) is 0 Å². The van der Waals surface area contributed by atoms with Crippen LogP contribution < -0.4 is 21.1 Å². The highest BCUT2D eigenvalue weighted by atomic mass is 127. The van der Waals surface area contributed by atoms with Gasteiger partial charge in [0.25, 0.3) is 5.91 Å². The van der Waals surface area contributed by atoms with Crippen molar-refractivity contribution in [3.8, 4) is 5.75 Å². The number of nitrogens with two attached hydrogens (primary N) is 1. The molecule has 0 saturated heterocycles. The smallest absolute Gasteiger partial charge is 0.291 e. The van der Waals surface area contributed by atoms with Crippen LogP contribution in [0.2, 0.25) is 0 Å². The number of halogens is 1. The second-order valence-corrected chi connectivity index (χ2v) is 6.65. The van der Waals surface area contributed by atoms with Gasteiger partial charge in [-0.2, -0.15) is 0 Å². The molecule has 0 radical (unpaired) electrons. The molecule has 30 heavy (non-hydrogen) atoms. The molecule has 0 aliphatic carbocycles. The molecule has 7 nitrogen and oxygen atoms in total. The number of carbonyl (C=O) groups excluding carboxylic acids is 1. The number of nitrogens with one attached hydrogen (secondary N) is 2. The van der Waals surface area contributed by atoms with Crippen molar-refractivity contribution in [1.82, 2.24) is 0 Å². The Morgan fingerprint density at radius 2 is 1.83 bits per heavy atom. The predicted octanol–water partition coefficient (Wildman–Crippen LogP) is 4.86. The van der Waals surface area contributed by atoms with Crippen molar-refractivity contribution in [2.45, 2.75) is 26.5 Å². The summed E-state index contributed by atoms with van der Waals surface area (Å²) in [4.78, 5) is 16.4. The number of hydrogen-bond donors (Lipinski definition) is 3. The first-order valence-corrected chi connectivity index (χ1v) is 9.27. The SMILES string of the molecule is CC(C)Oc1ccc(NC(N)=NCc2cccc(NC(=O)c3ccco3)c2)cc1.I. The van der Waals surface area contributed by atoms with Crippen molar-refractivity contribution < 1.29 is 13.9 Å². The Morgan fingerprint density at radius 3 is 2.50 bits per heavy atom. The quantitative estimate of drug-likeness (QED) is 0.235. The lowest BCUT2D eigenvalue weighted by molar-refractivity contribution is 0.0996. The monoisotopic (exact) mass is 520 g/mol. The summed E-state index contributed by atoms with van der Waals surface area (Å²) in [6, 6.07) is 18.2. The van der Waals surface area contributed by atoms with Gasteiger partial charge in [0.1, 0.15) is 5.75 Å². The molecule has 0 spiro atoms. The van der Waals surface area contributed by atoms with E-state index in [1.54, 1.807) is 18.2 Å². The van der Waals surface area contributed by atoms with E-state index in [2.05, 4.69) is 15.6 Å². The van der Waals surface area contributed by atoms with Gasteiger partial charge in [-0.15, -0.1) is 24.0 Å². The molecule has 0 bridgehead atoms. The van der Waals surface area contributed by atoms with E-state index in [1.807, 2.05) is 56.3 Å². The van der Waals surface area contributed by atoms with Gasteiger partial charge in [0, 0.05) is 11.4 Å². The average molecular weight is 520 g/mol. The van der Waals surface area contributed by atoms with Crippen LogP contribution in [0.3, 0.4) is 0 Å². The number of hydrogen-bond acceptors (Lipinski definition) is 4. The van der Waals surface area contributed by atoms with E-state index >= 15 is 0 Å². The number of amides is 1. The Kier molecular flexibility index (Phi) is 8.72. The Bertz CT molecular complexity index is 970. The lowest BCUT2D eigenvalue weighted by atomic mass is 10.2. The summed E-state index contributed by atoms with van der Waals surface area (Å²) >= 11 is 0. The number of furan rings is 1. The van der Waals surface area contributed by atoms with Crippen molar-refractivity contribution in [2.24, 2.45) is 10.7 Å². The van der Waals surface area contributed by atoms with Gasteiger partial charge in [-0.05, 0) is 67.9 Å². The van der Waals surface area contributed by atoms with Crippen molar-refractivity contribution in [2.75, 3.05) is 10.6 Å². The number of aliphatic imine (C=N–C) groups is 1. The molecule has 0 atom stereocenters. The fourth-order valence-electron chi connectivity index (χ4n) is 2.60. The van der Waals surface area contributed by atoms with Gasteiger partial charge < -0.3 is 25.5 Å². The van der Waals surface area contributed by atoms with E-state index in [0.29, 0.717) is 18.2 Å². The third kappa shape index (κ3) is 7.11. The lowest BCUT2D eigenvalue weighted by Gasteiger charge is -2.11. The molecule has 3 aromatic rings. The van der Waals surface area contributed by atoms with Crippen LogP contribution in [-0.2, 0) is 6.54 Å². The number of ether oxygens (including phenoxy) is 1. The Labute approximate surface area is 192 Å². The molecular formula is C22H25IN4O3. The maximum Gasteiger partial charge on any atom is 0.291 e. The van der Waals surface area contributed by atoms with Crippen molar-refractivity contribution in [3.05, 3.63) is 78.3 Å². The maximum absolute atomic E-state index is 12.1. The second kappa shape index (κ2) is 11.2. The van der Waals surface area contributed by atoms with E-state index in [4.69, 9.17) is 14.9 Å². The van der Waals surface area contributed by atoms with E-state index in [1.165, 1.54) is 6.26 Å². The molecule has 3 rings (SSSR count). The highest BCUT2D eigenvalue weighted by Crippen LogP contribution is 2.17. The molecule has 0 saturated carbocycles. The van der Waals surface area contributed by atoms with Crippen LogP contribution >= 0.6 is 24.0 Å². The van der Waals surface area contributed by atoms with Gasteiger partial charge in [-0.25, -0.2) is 4.99 Å². The second-order valence-electron chi connectivity index (χ2n) is 6.65. The zero-order chi connectivity index (χ0) is 20.6. The fraction of sp³-hybridized carbons (Fsp3) is 0.182. The van der Waals surface area contributed by atoms with Crippen LogP contribution in [0.15, 0.2) is 76.3 Å². The molecule has 158 valence electrons. The summed E-state index contributed by atoms with van der Waals surface area (Å²) < 4.78 is 10.7. The normalized spacial score (nSPS) is 11.0. The number of guanidine groups is 1. The van der Waals surface area contributed by atoms with E-state index in [0.717, 1.165) is 17.0 Å². The standard InChI is InChI=1S/C22H24N4O3.HI/c1-15(2)29-19-10-8-17(9-11-19)26-22(23)24-14-16-5-3-6-18(13-16)25-21(27)20-7-4-12-28-20;/h3-13,15H,14H2,1-2H3,(H,25,27)(H3,23,24,26);1H. The van der Waals surface area contributed by atoms with Crippen LogP contribution in [0.4, 0.5) is 11.4 Å². The molecule has 1 amide bonds. The molecule has 2 aromatic carbocycles. The Morgan fingerprint density at radius 1 is 1.07 bits per heavy atom. The summed E-state index contributed by atoms with van der Waals surface area (Å²) in [5, 5.41) is 5.84. The number of benzene rings is 2. The van der Waals surface area contributed by atoms with Crippen LogP contribution in [0.1, 0.15) is 30.0 Å². The number of nitrogens with zero attached hydrogens (tertiary/aromatic N) is 1. The first-order chi connectivity index (χ1) is 14.0. The van der Waals surface area contributed by atoms with Crippen molar-refractivity contribution in [1.29, 1.82) is 0 Å². The third-order valence-corrected chi connectivity index (χ3v) is 3.86. The van der Waals surface area contributed by atoms with Gasteiger partial charge in [0.05, 0.1) is 18.9 Å². The van der Waals surface area contributed by atoms with Crippen LogP contribution in [0, 0.1) is 0 Å². The lowest BCUT2D eigenvalue weighted by Crippen LogP contribution is -2.22. The van der Waals surface area contributed by atoms with E-state index < -0.39 is 0 Å². The zero-order valence-corrected chi connectivity index (χ0v) is 19.1. The molecule has 1 aromatic heterocycles. The minimum atomic E-state index is -0.304. The summed E-state index contributed by atoms with van der Waals surface area (Å²) in [6.07, 6.45) is 1.58. The summed E-state index contributed by atoms with van der Waals surface area (Å²) in [7, 11) is 0. The first-order valence-electron chi connectivity index (χ1n) is 9.27. The highest BCUT2D eigenvalue weighted by Gasteiger charge is 2.08. The van der Waals surface area contributed by atoms with Crippen LogP contribution in [0.25, 0.3) is 0 Å². The van der Waals surface area contributed by atoms with Gasteiger partial charge in [0.15, 0.2) is 11.7 Å². The fourth-order valence-corrected chi connectivity index (χ4v) is 2.60. The minimum absolute atomic E-state index is 0. The molecule has 4 N–H and O–H groups in total. The van der Waals surface area contributed by atoms with Crippen LogP contribution in [0.5, 0.6) is 5.75 Å².